The molecule has 1 aliphatic heterocycles. The van der Waals surface area contributed by atoms with Crippen LogP contribution in [0.5, 0.6) is 0 Å². The third kappa shape index (κ3) is 2.76. The van der Waals surface area contributed by atoms with Gasteiger partial charge in [0.05, 0.1) is 23.8 Å². The van der Waals surface area contributed by atoms with Gasteiger partial charge in [-0.2, -0.15) is 0 Å². The summed E-state index contributed by atoms with van der Waals surface area (Å²) in [5.41, 5.74) is 5.98. The third-order valence-corrected chi connectivity index (χ3v) is 3.95. The van der Waals surface area contributed by atoms with Crippen LogP contribution in [0.1, 0.15) is 26.0 Å². The van der Waals surface area contributed by atoms with Crippen LogP contribution in [0.2, 0.25) is 0 Å². The molecule has 0 saturated carbocycles. The van der Waals surface area contributed by atoms with E-state index >= 15 is 0 Å². The lowest BCUT2D eigenvalue weighted by molar-refractivity contribution is -0.122. The Morgan fingerprint density at radius 2 is 2.59 bits per heavy atom. The van der Waals surface area contributed by atoms with E-state index in [1.165, 1.54) is 11.3 Å². The summed E-state index contributed by atoms with van der Waals surface area (Å²) in [6.45, 7) is 4.69. The van der Waals surface area contributed by atoms with Crippen molar-refractivity contribution in [2.75, 3.05) is 12.3 Å². The number of rotatable bonds is 3. The number of hydrogen-bond donors (Lipinski definition) is 2. The molecule has 2 rings (SSSR count). The van der Waals surface area contributed by atoms with Crippen molar-refractivity contribution in [2.45, 2.75) is 38.3 Å². The molecule has 0 spiro atoms. The van der Waals surface area contributed by atoms with Crippen molar-refractivity contribution in [1.82, 2.24) is 10.3 Å². The van der Waals surface area contributed by atoms with E-state index in [2.05, 4.69) is 10.3 Å². The van der Waals surface area contributed by atoms with Crippen molar-refractivity contribution in [2.24, 2.45) is 0 Å². The summed E-state index contributed by atoms with van der Waals surface area (Å²) in [5.74, 6) is -0.0323. The zero-order chi connectivity index (χ0) is 12.5. The molecule has 1 aromatic rings. The lowest BCUT2D eigenvalue weighted by Gasteiger charge is -2.28. The highest BCUT2D eigenvalue weighted by Crippen LogP contribution is 2.25. The van der Waals surface area contributed by atoms with Crippen molar-refractivity contribution in [3.05, 3.63) is 11.1 Å². The van der Waals surface area contributed by atoms with Gasteiger partial charge >= 0.3 is 0 Å². The number of nitrogen functional groups attached to an aromatic ring is 1. The van der Waals surface area contributed by atoms with Crippen LogP contribution in [0.4, 0.5) is 5.13 Å². The first-order valence-corrected chi connectivity index (χ1v) is 6.50. The fourth-order valence-electron chi connectivity index (χ4n) is 1.93. The number of nitrogens with two attached hydrogens (primary N) is 1. The van der Waals surface area contributed by atoms with Crippen molar-refractivity contribution < 1.29 is 9.53 Å². The maximum atomic E-state index is 11.9. The SMILES string of the molecule is CC1OCCC1(C)NC(=O)Cc1csc(N)n1. The Hall–Kier alpha value is -1.14. The second-order valence-corrected chi connectivity index (χ2v) is 5.47. The van der Waals surface area contributed by atoms with Gasteiger partial charge in [0, 0.05) is 12.0 Å². The summed E-state index contributed by atoms with van der Waals surface area (Å²) in [6, 6.07) is 0. The van der Waals surface area contributed by atoms with Gasteiger partial charge < -0.3 is 15.8 Å². The number of anilines is 1. The van der Waals surface area contributed by atoms with Gasteiger partial charge in [-0.15, -0.1) is 11.3 Å². The number of aromatic nitrogens is 1. The number of thiazole rings is 1. The third-order valence-electron chi connectivity index (χ3n) is 3.22. The molecule has 94 valence electrons. The van der Waals surface area contributed by atoms with Crippen LogP contribution < -0.4 is 11.1 Å². The van der Waals surface area contributed by atoms with E-state index in [1.807, 2.05) is 19.2 Å². The summed E-state index contributed by atoms with van der Waals surface area (Å²) in [5, 5.41) is 5.33. The quantitative estimate of drug-likeness (QED) is 0.843. The molecule has 17 heavy (non-hydrogen) atoms. The molecule has 1 amide bonds. The largest absolute Gasteiger partial charge is 0.376 e. The number of ether oxygens (including phenoxy) is 1. The molecule has 1 aliphatic rings. The van der Waals surface area contributed by atoms with Crippen LogP contribution in [-0.2, 0) is 16.0 Å². The number of carbonyl (C=O) groups is 1. The van der Waals surface area contributed by atoms with Crippen LogP contribution in [0.25, 0.3) is 0 Å². The van der Waals surface area contributed by atoms with Crippen LogP contribution in [0.15, 0.2) is 5.38 Å². The summed E-state index contributed by atoms with van der Waals surface area (Å²) < 4.78 is 5.48. The molecule has 2 atom stereocenters. The van der Waals surface area contributed by atoms with Crippen LogP contribution >= 0.6 is 11.3 Å². The number of amides is 1. The van der Waals surface area contributed by atoms with E-state index in [0.717, 1.165) is 12.1 Å². The van der Waals surface area contributed by atoms with Gasteiger partial charge in [-0.3, -0.25) is 4.79 Å². The number of hydrogen-bond acceptors (Lipinski definition) is 5. The fourth-order valence-corrected chi connectivity index (χ4v) is 2.49. The number of nitrogens with zero attached hydrogens (tertiary/aromatic N) is 1. The Morgan fingerprint density at radius 3 is 3.12 bits per heavy atom. The highest BCUT2D eigenvalue weighted by atomic mass is 32.1. The topological polar surface area (TPSA) is 77.2 Å². The van der Waals surface area contributed by atoms with Gasteiger partial charge in [-0.25, -0.2) is 4.98 Å². The molecule has 1 fully saturated rings. The molecule has 1 saturated heterocycles. The molecular weight excluding hydrogens is 238 g/mol. The van der Waals surface area contributed by atoms with Crippen LogP contribution in [-0.4, -0.2) is 29.1 Å². The summed E-state index contributed by atoms with van der Waals surface area (Å²) in [4.78, 5) is 16.0. The average Bonchev–Trinajstić information content (AvgIpc) is 2.75. The standard InChI is InChI=1S/C11H17N3O2S/c1-7-11(2,3-4-16-7)14-9(15)5-8-6-17-10(12)13-8/h6-7H,3-5H2,1-2H3,(H2,12,13)(H,14,15). The lowest BCUT2D eigenvalue weighted by Crippen LogP contribution is -2.51. The van der Waals surface area contributed by atoms with Crippen molar-refractivity contribution in [3.8, 4) is 0 Å². The maximum Gasteiger partial charge on any atom is 0.226 e. The molecule has 0 aromatic carbocycles. The minimum atomic E-state index is -0.265. The first kappa shape index (κ1) is 12.3. The molecule has 0 radical (unpaired) electrons. The van der Waals surface area contributed by atoms with Gasteiger partial charge in [-0.1, -0.05) is 0 Å². The number of nitrogens with one attached hydrogen (secondary N) is 1. The highest BCUT2D eigenvalue weighted by Gasteiger charge is 2.38. The average molecular weight is 255 g/mol. The normalized spacial score (nSPS) is 28.2. The van der Waals surface area contributed by atoms with Gasteiger partial charge in [0.25, 0.3) is 0 Å². The Kier molecular flexibility index (Phi) is 3.35. The lowest BCUT2D eigenvalue weighted by atomic mass is 9.94. The van der Waals surface area contributed by atoms with E-state index in [4.69, 9.17) is 10.5 Å². The first-order valence-electron chi connectivity index (χ1n) is 5.62. The fraction of sp³-hybridized carbons (Fsp3) is 0.636. The molecule has 2 heterocycles. The van der Waals surface area contributed by atoms with Gasteiger partial charge in [0.2, 0.25) is 5.91 Å². The Balaban J connectivity index is 1.93. The van der Waals surface area contributed by atoms with Crippen LogP contribution in [0, 0.1) is 0 Å². The summed E-state index contributed by atoms with van der Waals surface area (Å²) >= 11 is 1.35. The molecule has 2 unspecified atom stereocenters. The summed E-state index contributed by atoms with van der Waals surface area (Å²) in [7, 11) is 0. The van der Waals surface area contributed by atoms with Crippen LogP contribution in [0.3, 0.4) is 0 Å². The van der Waals surface area contributed by atoms with Crippen molar-refractivity contribution >= 4 is 22.4 Å². The van der Waals surface area contributed by atoms with E-state index < -0.39 is 0 Å². The van der Waals surface area contributed by atoms with E-state index in [-0.39, 0.29) is 24.0 Å². The number of carbonyl (C=O) groups excluding carboxylic acids is 1. The molecule has 0 bridgehead atoms. The second kappa shape index (κ2) is 4.62. The molecule has 6 heteroatoms. The summed E-state index contributed by atoms with van der Waals surface area (Å²) in [6.07, 6.45) is 1.17. The predicted octanol–water partition coefficient (Wildman–Crippen LogP) is 0.951. The zero-order valence-electron chi connectivity index (χ0n) is 10.0. The second-order valence-electron chi connectivity index (χ2n) is 4.58. The van der Waals surface area contributed by atoms with E-state index in [0.29, 0.717) is 11.7 Å². The maximum absolute atomic E-state index is 11.9. The molecule has 1 aromatic heterocycles. The highest BCUT2D eigenvalue weighted by molar-refractivity contribution is 7.13. The van der Waals surface area contributed by atoms with Crippen molar-refractivity contribution in [1.29, 1.82) is 0 Å². The monoisotopic (exact) mass is 255 g/mol. The Morgan fingerprint density at radius 1 is 1.82 bits per heavy atom. The Bertz CT molecular complexity index is 421. The molecule has 0 aliphatic carbocycles. The Labute approximate surface area is 104 Å². The minimum absolute atomic E-state index is 0.0323. The van der Waals surface area contributed by atoms with E-state index in [9.17, 15) is 4.79 Å². The molecule has 3 N–H and O–H groups in total. The molecule has 5 nitrogen and oxygen atoms in total. The zero-order valence-corrected chi connectivity index (χ0v) is 10.8. The minimum Gasteiger partial charge on any atom is -0.376 e. The van der Waals surface area contributed by atoms with Gasteiger partial charge in [-0.05, 0) is 20.3 Å². The van der Waals surface area contributed by atoms with E-state index in [1.54, 1.807) is 0 Å². The predicted molar refractivity (Wildman–Crippen MR) is 66.8 cm³/mol. The van der Waals surface area contributed by atoms with Gasteiger partial charge in [0.1, 0.15) is 0 Å². The van der Waals surface area contributed by atoms with Crippen molar-refractivity contribution in [3.63, 3.8) is 0 Å². The van der Waals surface area contributed by atoms with Gasteiger partial charge in [0.15, 0.2) is 5.13 Å². The first-order chi connectivity index (χ1) is 7.99. The smallest absolute Gasteiger partial charge is 0.226 e. The molecular formula is C11H17N3O2S.